The number of rotatable bonds is 5. The maximum absolute atomic E-state index is 13.4. The summed E-state index contributed by atoms with van der Waals surface area (Å²) < 4.78 is 0. The molecule has 4 aliphatic rings. The number of anilines is 1. The first kappa shape index (κ1) is 24.4. The lowest BCUT2D eigenvalue weighted by Gasteiger charge is -2.37. The van der Waals surface area contributed by atoms with Gasteiger partial charge in [0, 0.05) is 64.7 Å². The highest BCUT2D eigenvalue weighted by Crippen LogP contribution is 2.34. The predicted octanol–water partition coefficient (Wildman–Crippen LogP) is -0.450. The molecule has 0 saturated carbocycles. The van der Waals surface area contributed by atoms with Gasteiger partial charge in [0.05, 0.1) is 16.8 Å². The molecule has 0 spiro atoms. The first-order chi connectivity index (χ1) is 17.3. The molecule has 4 heterocycles. The lowest BCUT2D eigenvalue weighted by atomic mass is 10.0. The normalized spacial score (nSPS) is 25.3. The van der Waals surface area contributed by atoms with Crippen LogP contribution in [0.15, 0.2) is 18.2 Å². The van der Waals surface area contributed by atoms with Crippen LogP contribution in [0.4, 0.5) is 5.69 Å². The number of hydrogen-bond donors (Lipinski definition) is 2. The maximum Gasteiger partial charge on any atom is 0.264 e. The molecule has 11 heteroatoms. The summed E-state index contributed by atoms with van der Waals surface area (Å²) in [4.78, 5) is 70.1. The first-order valence-electron chi connectivity index (χ1n) is 12.7. The Hall–Kier alpha value is -3.31. The Morgan fingerprint density at radius 3 is 2.50 bits per heavy atom. The summed E-state index contributed by atoms with van der Waals surface area (Å²) in [7, 11) is 0. The Balaban J connectivity index is 1.21. The van der Waals surface area contributed by atoms with Gasteiger partial charge in [0.2, 0.25) is 17.7 Å². The highest BCUT2D eigenvalue weighted by molar-refractivity contribution is 6.25. The Morgan fingerprint density at radius 2 is 1.78 bits per heavy atom. The van der Waals surface area contributed by atoms with Crippen LogP contribution in [-0.2, 0) is 14.4 Å². The lowest BCUT2D eigenvalue weighted by molar-refractivity contribution is -0.136. The van der Waals surface area contributed by atoms with Crippen molar-refractivity contribution in [2.24, 2.45) is 5.73 Å². The van der Waals surface area contributed by atoms with E-state index in [1.165, 1.54) is 0 Å². The van der Waals surface area contributed by atoms with E-state index in [2.05, 4.69) is 15.1 Å². The van der Waals surface area contributed by atoms with Crippen LogP contribution in [0.5, 0.6) is 0 Å². The fourth-order valence-electron chi connectivity index (χ4n) is 5.62. The van der Waals surface area contributed by atoms with Crippen molar-refractivity contribution in [3.05, 3.63) is 29.3 Å². The van der Waals surface area contributed by atoms with Gasteiger partial charge >= 0.3 is 0 Å². The second-order valence-electron chi connectivity index (χ2n) is 9.97. The molecule has 192 valence electrons. The zero-order valence-electron chi connectivity index (χ0n) is 20.3. The minimum atomic E-state index is -0.980. The van der Waals surface area contributed by atoms with Gasteiger partial charge < -0.3 is 15.5 Å². The van der Waals surface area contributed by atoms with Gasteiger partial charge in [-0.05, 0) is 31.4 Å². The van der Waals surface area contributed by atoms with E-state index >= 15 is 0 Å². The summed E-state index contributed by atoms with van der Waals surface area (Å²) >= 11 is 0. The molecule has 0 aliphatic carbocycles. The Labute approximate surface area is 209 Å². The maximum atomic E-state index is 13.4. The molecule has 3 fully saturated rings. The SMILES string of the molecule is NC1CCCN(C(=O)CCN2CCN(c3cccc4c3C(=O)N(C3CCC(=O)NC3=O)C4=O)CC2)C1. The number of piperidine rings is 2. The number of likely N-dealkylation sites (tertiary alicyclic amines) is 1. The third-order valence-corrected chi connectivity index (χ3v) is 7.61. The van der Waals surface area contributed by atoms with Crippen LogP contribution in [0.25, 0.3) is 0 Å². The number of nitrogens with two attached hydrogens (primary N) is 1. The zero-order chi connectivity index (χ0) is 25.4. The molecule has 0 radical (unpaired) electrons. The second kappa shape index (κ2) is 9.98. The fourth-order valence-corrected chi connectivity index (χ4v) is 5.62. The van der Waals surface area contributed by atoms with Gasteiger partial charge in [-0.1, -0.05) is 6.07 Å². The van der Waals surface area contributed by atoms with Gasteiger partial charge in [0.15, 0.2) is 0 Å². The number of carbonyl (C=O) groups excluding carboxylic acids is 5. The third-order valence-electron chi connectivity index (χ3n) is 7.61. The molecule has 4 aliphatic heterocycles. The second-order valence-corrected chi connectivity index (χ2v) is 9.97. The van der Waals surface area contributed by atoms with E-state index in [0.717, 1.165) is 37.4 Å². The Bertz CT molecular complexity index is 1100. The van der Waals surface area contributed by atoms with Crippen molar-refractivity contribution in [1.82, 2.24) is 20.0 Å². The predicted molar refractivity (Wildman–Crippen MR) is 130 cm³/mol. The molecule has 2 atom stereocenters. The van der Waals surface area contributed by atoms with Gasteiger partial charge in [0.25, 0.3) is 11.8 Å². The Morgan fingerprint density at radius 1 is 1.00 bits per heavy atom. The highest BCUT2D eigenvalue weighted by atomic mass is 16.2. The monoisotopic (exact) mass is 496 g/mol. The van der Waals surface area contributed by atoms with Crippen LogP contribution in [0, 0.1) is 0 Å². The Kier molecular flexibility index (Phi) is 6.76. The summed E-state index contributed by atoms with van der Waals surface area (Å²) in [6, 6.07) is 4.28. The molecule has 1 aromatic rings. The van der Waals surface area contributed by atoms with Gasteiger partial charge in [-0.15, -0.1) is 0 Å². The van der Waals surface area contributed by atoms with E-state index in [4.69, 9.17) is 5.73 Å². The minimum Gasteiger partial charge on any atom is -0.368 e. The van der Waals surface area contributed by atoms with Crippen molar-refractivity contribution in [1.29, 1.82) is 0 Å². The minimum absolute atomic E-state index is 0.0688. The molecule has 11 nitrogen and oxygen atoms in total. The summed E-state index contributed by atoms with van der Waals surface area (Å²) in [5.74, 6) is -1.86. The summed E-state index contributed by atoms with van der Waals surface area (Å²) in [5, 5.41) is 2.23. The number of nitrogens with one attached hydrogen (secondary N) is 1. The first-order valence-corrected chi connectivity index (χ1v) is 12.7. The highest BCUT2D eigenvalue weighted by Gasteiger charge is 2.46. The number of hydrogen-bond acceptors (Lipinski definition) is 8. The largest absolute Gasteiger partial charge is 0.368 e. The van der Waals surface area contributed by atoms with Crippen LogP contribution in [0.2, 0.25) is 0 Å². The quantitative estimate of drug-likeness (QED) is 0.523. The molecule has 2 unspecified atom stereocenters. The molecule has 36 heavy (non-hydrogen) atoms. The van der Waals surface area contributed by atoms with E-state index in [-0.39, 0.29) is 30.4 Å². The van der Waals surface area contributed by atoms with Crippen molar-refractivity contribution < 1.29 is 24.0 Å². The van der Waals surface area contributed by atoms with Gasteiger partial charge in [-0.2, -0.15) is 0 Å². The van der Waals surface area contributed by atoms with E-state index in [1.807, 2.05) is 11.0 Å². The van der Waals surface area contributed by atoms with Crippen molar-refractivity contribution >= 4 is 35.2 Å². The molecule has 0 bridgehead atoms. The lowest BCUT2D eigenvalue weighted by Crippen LogP contribution is -2.54. The number of nitrogens with zero attached hydrogens (tertiary/aromatic N) is 4. The smallest absolute Gasteiger partial charge is 0.264 e. The molecule has 3 saturated heterocycles. The molecule has 3 N–H and O–H groups in total. The number of carbonyl (C=O) groups is 5. The summed E-state index contributed by atoms with van der Waals surface area (Å²) in [6.45, 7) is 4.85. The summed E-state index contributed by atoms with van der Waals surface area (Å²) in [6.07, 6.45) is 2.60. The van der Waals surface area contributed by atoms with E-state index in [1.54, 1.807) is 12.1 Å². The van der Waals surface area contributed by atoms with Crippen molar-refractivity contribution in [3.63, 3.8) is 0 Å². The zero-order valence-corrected chi connectivity index (χ0v) is 20.3. The van der Waals surface area contributed by atoms with E-state index < -0.39 is 29.7 Å². The van der Waals surface area contributed by atoms with Crippen LogP contribution < -0.4 is 16.0 Å². The number of fused-ring (bicyclic) bond motifs is 1. The van der Waals surface area contributed by atoms with Gasteiger partial charge in [-0.25, -0.2) is 0 Å². The van der Waals surface area contributed by atoms with Crippen LogP contribution in [-0.4, -0.2) is 102 Å². The van der Waals surface area contributed by atoms with Crippen molar-refractivity contribution in [3.8, 4) is 0 Å². The van der Waals surface area contributed by atoms with E-state index in [9.17, 15) is 24.0 Å². The molecule has 5 rings (SSSR count). The number of imide groups is 2. The molecule has 0 aromatic heterocycles. The van der Waals surface area contributed by atoms with Crippen LogP contribution in [0.3, 0.4) is 0 Å². The third kappa shape index (κ3) is 4.60. The summed E-state index contributed by atoms with van der Waals surface area (Å²) in [5.41, 5.74) is 7.28. The molecule has 1 aromatic carbocycles. The average Bonchev–Trinajstić information content (AvgIpc) is 3.13. The number of piperazine rings is 1. The topological polar surface area (TPSA) is 136 Å². The average molecular weight is 497 g/mol. The standard InChI is InChI=1S/C25H32N6O5/c26-16-3-2-9-30(15-16)21(33)8-10-28-11-13-29(14-12-28)18-5-1-4-17-22(18)25(36)31(24(17)35)19-6-7-20(32)27-23(19)34/h1,4-5,16,19H,2-3,6-15,26H2,(H,27,32,34). The fraction of sp³-hybridized carbons (Fsp3) is 0.560. The molecule has 5 amide bonds. The van der Waals surface area contributed by atoms with Crippen molar-refractivity contribution in [2.75, 3.05) is 50.7 Å². The number of amides is 5. The van der Waals surface area contributed by atoms with Gasteiger partial charge in [-0.3, -0.25) is 39.1 Å². The van der Waals surface area contributed by atoms with E-state index in [0.29, 0.717) is 43.9 Å². The van der Waals surface area contributed by atoms with Crippen molar-refractivity contribution in [2.45, 2.75) is 44.2 Å². The molecular weight excluding hydrogens is 464 g/mol. The van der Waals surface area contributed by atoms with Crippen LogP contribution >= 0.6 is 0 Å². The molecular formula is C25H32N6O5. The number of benzene rings is 1. The van der Waals surface area contributed by atoms with Crippen LogP contribution in [0.1, 0.15) is 52.8 Å². The van der Waals surface area contributed by atoms with Gasteiger partial charge in [0.1, 0.15) is 6.04 Å².